The average Bonchev–Trinajstić information content (AvgIpc) is 3.28. The number of hydrogen-bond donors (Lipinski definition) is 0. The van der Waals surface area contributed by atoms with Crippen molar-refractivity contribution in [2.45, 2.75) is 26.6 Å². The van der Waals surface area contributed by atoms with Crippen LogP contribution in [0.2, 0.25) is 19.6 Å². The van der Waals surface area contributed by atoms with Gasteiger partial charge in [-0.15, -0.1) is 59.7 Å². The standard InChI is InChI=1S/C20H18NSSi.C12H10N.Ir/c1-23(2,3)14-10-11-19-17(13-14)15-7-6-8-16(20(15)22-19)18-9-4-5-12-21-18;1-10-7-8-13-12(9-10)11-5-3-2-4-6-11;/h4-7,9-13H,1-3H3;2-5,7-9H,1H3;/q2*-1;. The summed E-state index contributed by atoms with van der Waals surface area (Å²) in [5.41, 5.74) is 5.36. The molecule has 6 rings (SSSR count). The van der Waals surface area contributed by atoms with Gasteiger partial charge in [0, 0.05) is 37.2 Å². The predicted molar refractivity (Wildman–Crippen MR) is 158 cm³/mol. The molecular weight excluding hydrogens is 665 g/mol. The molecule has 37 heavy (non-hydrogen) atoms. The smallest absolute Gasteiger partial charge is 0.0776 e. The van der Waals surface area contributed by atoms with E-state index in [1.54, 1.807) is 0 Å². The number of benzene rings is 3. The molecule has 3 aromatic carbocycles. The first-order chi connectivity index (χ1) is 17.4. The van der Waals surface area contributed by atoms with Gasteiger partial charge in [-0.2, -0.15) is 11.3 Å². The fourth-order valence-electron chi connectivity index (χ4n) is 4.15. The third-order valence-electron chi connectivity index (χ3n) is 6.12. The molecule has 0 spiro atoms. The number of pyridine rings is 2. The molecule has 0 amide bonds. The Bertz CT molecular complexity index is 1620. The molecule has 0 bridgehead atoms. The van der Waals surface area contributed by atoms with Crippen LogP contribution in [-0.2, 0) is 20.1 Å². The summed E-state index contributed by atoms with van der Waals surface area (Å²) < 4.78 is 2.63. The van der Waals surface area contributed by atoms with Crippen molar-refractivity contribution in [1.82, 2.24) is 9.97 Å². The second-order valence-corrected chi connectivity index (χ2v) is 16.0. The summed E-state index contributed by atoms with van der Waals surface area (Å²) in [6.07, 6.45) is 3.67. The van der Waals surface area contributed by atoms with Gasteiger partial charge in [-0.05, 0) is 46.6 Å². The summed E-state index contributed by atoms with van der Waals surface area (Å²) in [4.78, 5) is 8.79. The first kappa shape index (κ1) is 27.1. The van der Waals surface area contributed by atoms with Crippen LogP contribution < -0.4 is 5.19 Å². The maximum Gasteiger partial charge on any atom is 0.0776 e. The molecule has 0 aliphatic rings. The maximum absolute atomic E-state index is 4.51. The summed E-state index contributed by atoms with van der Waals surface area (Å²) in [7, 11) is -1.30. The van der Waals surface area contributed by atoms with Crippen LogP contribution in [0.25, 0.3) is 42.7 Å². The number of nitrogens with zero attached hydrogens (tertiary/aromatic N) is 2. The third-order valence-corrected chi connectivity index (χ3v) is 9.37. The van der Waals surface area contributed by atoms with Crippen molar-refractivity contribution < 1.29 is 20.1 Å². The number of thiophene rings is 1. The van der Waals surface area contributed by atoms with Gasteiger partial charge < -0.3 is 9.97 Å². The summed E-state index contributed by atoms with van der Waals surface area (Å²) >= 11 is 1.85. The van der Waals surface area contributed by atoms with Crippen LogP contribution in [-0.4, -0.2) is 18.0 Å². The minimum atomic E-state index is -1.30. The van der Waals surface area contributed by atoms with Crippen LogP contribution in [0.1, 0.15) is 5.56 Å². The average molecular weight is 693 g/mol. The van der Waals surface area contributed by atoms with Gasteiger partial charge in [-0.25, -0.2) is 0 Å². The van der Waals surface area contributed by atoms with Crippen LogP contribution in [0.3, 0.4) is 0 Å². The molecule has 1 radical (unpaired) electrons. The van der Waals surface area contributed by atoms with Gasteiger partial charge in [0.2, 0.25) is 0 Å². The van der Waals surface area contributed by atoms with E-state index in [1.165, 1.54) is 30.9 Å². The SMILES string of the molecule is C[Si](C)(C)c1ccc2sc3c(-c4ccccn4)[c-]ccc3c2c1.Cc1ccnc(-c2[c-]cccc2)c1.[Ir]. The molecule has 0 fully saturated rings. The van der Waals surface area contributed by atoms with E-state index < -0.39 is 8.07 Å². The Kier molecular flexibility index (Phi) is 8.51. The quantitative estimate of drug-likeness (QED) is 0.138. The molecular formula is C32H28IrN2SSi-2. The number of aromatic nitrogens is 2. The Labute approximate surface area is 237 Å². The topological polar surface area (TPSA) is 25.8 Å². The van der Waals surface area contributed by atoms with Gasteiger partial charge in [0.1, 0.15) is 0 Å². The number of aryl methyl sites for hydroxylation is 1. The van der Waals surface area contributed by atoms with Gasteiger partial charge in [0.25, 0.3) is 0 Å². The maximum atomic E-state index is 4.51. The number of hydrogen-bond acceptors (Lipinski definition) is 3. The van der Waals surface area contributed by atoms with Crippen molar-refractivity contribution in [3.8, 4) is 22.5 Å². The molecule has 187 valence electrons. The molecule has 5 heteroatoms. The summed E-state index contributed by atoms with van der Waals surface area (Å²) in [6.45, 7) is 9.26. The zero-order chi connectivity index (χ0) is 25.1. The molecule has 3 heterocycles. The third kappa shape index (κ3) is 6.14. The van der Waals surface area contributed by atoms with Crippen molar-refractivity contribution in [2.24, 2.45) is 0 Å². The van der Waals surface area contributed by atoms with Gasteiger partial charge in [0.05, 0.1) is 8.07 Å². The van der Waals surface area contributed by atoms with E-state index in [0.717, 1.165) is 22.5 Å². The first-order valence-electron chi connectivity index (χ1n) is 12.1. The minimum Gasteiger partial charge on any atom is -0.305 e. The molecule has 0 N–H and O–H groups in total. The van der Waals surface area contributed by atoms with Crippen LogP contribution in [0.15, 0.2) is 97.3 Å². The van der Waals surface area contributed by atoms with Crippen molar-refractivity contribution >= 4 is 44.8 Å². The Morgan fingerprint density at radius 3 is 2.24 bits per heavy atom. The predicted octanol–water partition coefficient (Wildman–Crippen LogP) is 8.32. The monoisotopic (exact) mass is 693 g/mol. The molecule has 0 unspecified atom stereocenters. The molecule has 2 nitrogen and oxygen atoms in total. The van der Waals surface area contributed by atoms with E-state index in [4.69, 9.17) is 0 Å². The van der Waals surface area contributed by atoms with Crippen molar-refractivity contribution in [2.75, 3.05) is 0 Å². The van der Waals surface area contributed by atoms with E-state index in [-0.39, 0.29) is 20.1 Å². The normalized spacial score (nSPS) is 11.0. The van der Waals surface area contributed by atoms with Crippen molar-refractivity contribution in [3.63, 3.8) is 0 Å². The van der Waals surface area contributed by atoms with E-state index in [2.05, 4.69) is 85.1 Å². The Balaban J connectivity index is 0.000000195. The number of fused-ring (bicyclic) bond motifs is 3. The Morgan fingerprint density at radius 1 is 0.730 bits per heavy atom. The summed E-state index contributed by atoms with van der Waals surface area (Å²) in [5.74, 6) is 0. The fourth-order valence-corrected chi connectivity index (χ4v) is 6.49. The molecule has 0 saturated heterocycles. The van der Waals surface area contributed by atoms with Crippen LogP contribution >= 0.6 is 11.3 Å². The molecule has 6 aromatic rings. The van der Waals surface area contributed by atoms with Crippen molar-refractivity contribution in [3.05, 3.63) is 115 Å². The second-order valence-electron chi connectivity index (χ2n) is 9.87. The fraction of sp³-hybridized carbons (Fsp3) is 0.125. The molecule has 3 aromatic heterocycles. The van der Waals surface area contributed by atoms with E-state index in [1.807, 2.05) is 72.3 Å². The van der Waals surface area contributed by atoms with Gasteiger partial charge in [-0.3, -0.25) is 0 Å². The minimum absolute atomic E-state index is 0. The molecule has 0 atom stereocenters. The van der Waals surface area contributed by atoms with Crippen molar-refractivity contribution in [1.29, 1.82) is 0 Å². The van der Waals surface area contributed by atoms with Gasteiger partial charge in [-0.1, -0.05) is 66.1 Å². The molecule has 0 aliphatic heterocycles. The summed E-state index contributed by atoms with van der Waals surface area (Å²) in [6, 6.07) is 35.7. The Hall–Kier alpha value is -2.95. The van der Waals surface area contributed by atoms with E-state index in [0.29, 0.717) is 0 Å². The van der Waals surface area contributed by atoms with E-state index in [9.17, 15) is 0 Å². The summed E-state index contributed by atoms with van der Waals surface area (Å²) in [5, 5.41) is 4.21. The van der Waals surface area contributed by atoms with Gasteiger partial charge in [0.15, 0.2) is 0 Å². The van der Waals surface area contributed by atoms with E-state index >= 15 is 0 Å². The number of rotatable bonds is 3. The van der Waals surface area contributed by atoms with Crippen LogP contribution in [0.5, 0.6) is 0 Å². The Morgan fingerprint density at radius 2 is 1.54 bits per heavy atom. The van der Waals surface area contributed by atoms with Crippen LogP contribution in [0, 0.1) is 19.1 Å². The zero-order valence-corrected chi connectivity index (χ0v) is 25.6. The zero-order valence-electron chi connectivity index (χ0n) is 21.4. The molecule has 0 aliphatic carbocycles. The second kappa shape index (κ2) is 11.6. The van der Waals surface area contributed by atoms with Gasteiger partial charge >= 0.3 is 0 Å². The molecule has 0 saturated carbocycles. The van der Waals surface area contributed by atoms with Crippen LogP contribution in [0.4, 0.5) is 0 Å². The first-order valence-corrected chi connectivity index (χ1v) is 16.4. The largest absolute Gasteiger partial charge is 0.305 e.